The Morgan fingerprint density at radius 2 is 2.33 bits per heavy atom. The number of nitrogens with two attached hydrogens (primary N) is 1. The van der Waals surface area contributed by atoms with Gasteiger partial charge in [-0.3, -0.25) is 4.79 Å². The molecule has 1 amide bonds. The van der Waals surface area contributed by atoms with Crippen LogP contribution in [0.3, 0.4) is 0 Å². The highest BCUT2D eigenvalue weighted by molar-refractivity contribution is 5.92. The molecule has 0 saturated heterocycles. The van der Waals surface area contributed by atoms with Crippen LogP contribution in [0.5, 0.6) is 0 Å². The van der Waals surface area contributed by atoms with E-state index in [1.165, 1.54) is 12.8 Å². The van der Waals surface area contributed by atoms with E-state index >= 15 is 0 Å². The molecular formula is C14H23N3O. The number of carbonyl (C=O) groups excluding carboxylic acids is 1. The zero-order chi connectivity index (χ0) is 13.1. The number of carbonyl (C=O) groups is 1. The largest absolute Gasteiger partial charge is 0.344 e. The van der Waals surface area contributed by atoms with Gasteiger partial charge in [-0.05, 0) is 37.3 Å². The van der Waals surface area contributed by atoms with Crippen LogP contribution < -0.4 is 5.73 Å². The van der Waals surface area contributed by atoms with Gasteiger partial charge in [0.15, 0.2) is 0 Å². The van der Waals surface area contributed by atoms with Gasteiger partial charge in [0.25, 0.3) is 5.91 Å². The lowest BCUT2D eigenvalue weighted by Gasteiger charge is -2.27. The van der Waals surface area contributed by atoms with Crippen LogP contribution in [0, 0.1) is 5.92 Å². The van der Waals surface area contributed by atoms with Crippen molar-refractivity contribution in [3.63, 3.8) is 0 Å². The summed E-state index contributed by atoms with van der Waals surface area (Å²) < 4.78 is 2.03. The fourth-order valence-electron chi connectivity index (χ4n) is 2.52. The first-order chi connectivity index (χ1) is 8.69. The number of aryl methyl sites for hydroxylation is 1. The highest BCUT2D eigenvalue weighted by atomic mass is 16.2. The summed E-state index contributed by atoms with van der Waals surface area (Å²) in [5.74, 6) is 0.703. The van der Waals surface area contributed by atoms with Gasteiger partial charge < -0.3 is 15.2 Å². The van der Waals surface area contributed by atoms with E-state index in [4.69, 9.17) is 5.73 Å². The van der Waals surface area contributed by atoms with Gasteiger partial charge in [0, 0.05) is 32.4 Å². The first-order valence-electron chi connectivity index (χ1n) is 6.81. The van der Waals surface area contributed by atoms with Crippen LogP contribution in [-0.2, 0) is 6.54 Å². The van der Waals surface area contributed by atoms with Crippen LogP contribution in [-0.4, -0.2) is 35.0 Å². The third-order valence-electron chi connectivity index (χ3n) is 3.74. The molecule has 1 aromatic rings. The van der Waals surface area contributed by atoms with Crippen molar-refractivity contribution in [3.8, 4) is 0 Å². The Balaban J connectivity index is 2.11. The van der Waals surface area contributed by atoms with Gasteiger partial charge in [-0.2, -0.15) is 0 Å². The maximum atomic E-state index is 12.5. The van der Waals surface area contributed by atoms with Crippen molar-refractivity contribution >= 4 is 5.91 Å². The minimum absolute atomic E-state index is 0.0933. The van der Waals surface area contributed by atoms with Gasteiger partial charge in [0.1, 0.15) is 5.69 Å². The van der Waals surface area contributed by atoms with E-state index in [0.29, 0.717) is 12.5 Å². The monoisotopic (exact) mass is 249 g/mol. The van der Waals surface area contributed by atoms with Crippen molar-refractivity contribution in [1.29, 1.82) is 0 Å². The van der Waals surface area contributed by atoms with Crippen LogP contribution in [0.15, 0.2) is 18.3 Å². The van der Waals surface area contributed by atoms with Crippen LogP contribution in [0.2, 0.25) is 0 Å². The molecule has 1 atom stereocenters. The topological polar surface area (TPSA) is 51.3 Å². The van der Waals surface area contributed by atoms with E-state index in [2.05, 4.69) is 6.92 Å². The summed E-state index contributed by atoms with van der Waals surface area (Å²) in [4.78, 5) is 14.3. The molecule has 0 bridgehead atoms. The molecule has 0 radical (unpaired) electrons. The Morgan fingerprint density at radius 1 is 1.61 bits per heavy atom. The van der Waals surface area contributed by atoms with E-state index in [1.54, 1.807) is 0 Å². The zero-order valence-corrected chi connectivity index (χ0v) is 11.3. The average molecular weight is 249 g/mol. The minimum Gasteiger partial charge on any atom is -0.344 e. The summed E-state index contributed by atoms with van der Waals surface area (Å²) in [6.07, 6.45) is 5.41. The lowest BCUT2D eigenvalue weighted by atomic mass is 10.1. The van der Waals surface area contributed by atoms with Crippen molar-refractivity contribution in [2.45, 2.75) is 38.8 Å². The third-order valence-corrected chi connectivity index (χ3v) is 3.74. The van der Waals surface area contributed by atoms with E-state index in [9.17, 15) is 4.79 Å². The number of hydrogen-bond donors (Lipinski definition) is 1. The molecule has 1 fully saturated rings. The Labute approximate surface area is 109 Å². The SMILES string of the molecule is CCCn1cccc1C(=O)N(C)C(CN)C1CC1. The molecule has 4 heteroatoms. The Hall–Kier alpha value is -1.29. The van der Waals surface area contributed by atoms with E-state index in [-0.39, 0.29) is 11.9 Å². The van der Waals surface area contributed by atoms with Crippen LogP contribution >= 0.6 is 0 Å². The third kappa shape index (κ3) is 2.58. The summed E-state index contributed by atoms with van der Waals surface area (Å²) in [7, 11) is 1.88. The maximum absolute atomic E-state index is 12.5. The van der Waals surface area contributed by atoms with Crippen molar-refractivity contribution in [3.05, 3.63) is 24.0 Å². The zero-order valence-electron chi connectivity index (χ0n) is 11.3. The molecule has 18 heavy (non-hydrogen) atoms. The lowest BCUT2D eigenvalue weighted by molar-refractivity contribution is 0.0707. The molecule has 100 valence electrons. The molecule has 0 aliphatic heterocycles. The predicted octanol–water partition coefficient (Wildman–Crippen LogP) is 1.71. The van der Waals surface area contributed by atoms with Gasteiger partial charge in [-0.25, -0.2) is 0 Å². The van der Waals surface area contributed by atoms with Crippen molar-refractivity contribution in [2.24, 2.45) is 11.7 Å². The number of amides is 1. The molecule has 1 aliphatic rings. The summed E-state index contributed by atoms with van der Waals surface area (Å²) in [5.41, 5.74) is 6.58. The fraction of sp³-hybridized carbons (Fsp3) is 0.643. The number of nitrogens with zero attached hydrogens (tertiary/aromatic N) is 2. The Bertz CT molecular complexity index is 409. The quantitative estimate of drug-likeness (QED) is 0.834. The minimum atomic E-state index is 0.0933. The first kappa shape index (κ1) is 13.1. The van der Waals surface area contributed by atoms with Crippen LogP contribution in [0.1, 0.15) is 36.7 Å². The first-order valence-corrected chi connectivity index (χ1v) is 6.81. The number of aromatic nitrogens is 1. The van der Waals surface area contributed by atoms with Gasteiger partial charge in [0.2, 0.25) is 0 Å². The second kappa shape index (κ2) is 5.57. The standard InChI is InChI=1S/C14H23N3O/c1-3-8-17-9-4-5-12(17)14(18)16(2)13(10-15)11-6-7-11/h4-5,9,11,13H,3,6-8,10,15H2,1-2H3. The second-order valence-electron chi connectivity index (χ2n) is 5.14. The number of hydrogen-bond acceptors (Lipinski definition) is 2. The van der Waals surface area contributed by atoms with Crippen molar-refractivity contribution in [1.82, 2.24) is 9.47 Å². The fourth-order valence-corrected chi connectivity index (χ4v) is 2.52. The average Bonchev–Trinajstić information content (AvgIpc) is 3.09. The number of rotatable bonds is 6. The summed E-state index contributed by atoms with van der Waals surface area (Å²) >= 11 is 0. The molecule has 1 saturated carbocycles. The molecule has 2 N–H and O–H groups in total. The lowest BCUT2D eigenvalue weighted by Crippen LogP contribution is -2.43. The molecule has 1 aromatic heterocycles. The van der Waals surface area contributed by atoms with Crippen molar-refractivity contribution in [2.75, 3.05) is 13.6 Å². The molecule has 2 rings (SSSR count). The molecule has 0 aromatic carbocycles. The van der Waals surface area contributed by atoms with Gasteiger partial charge in [0.05, 0.1) is 0 Å². The molecular weight excluding hydrogens is 226 g/mol. The number of likely N-dealkylation sites (N-methyl/N-ethyl adjacent to an activating group) is 1. The van der Waals surface area contributed by atoms with E-state index in [1.807, 2.05) is 34.8 Å². The highest BCUT2D eigenvalue weighted by Gasteiger charge is 2.35. The van der Waals surface area contributed by atoms with Gasteiger partial charge in [-0.1, -0.05) is 6.92 Å². The van der Waals surface area contributed by atoms with Gasteiger partial charge in [-0.15, -0.1) is 0 Å². The Morgan fingerprint density at radius 3 is 2.89 bits per heavy atom. The predicted molar refractivity (Wildman–Crippen MR) is 72.4 cm³/mol. The van der Waals surface area contributed by atoms with E-state index < -0.39 is 0 Å². The molecule has 0 spiro atoms. The van der Waals surface area contributed by atoms with E-state index in [0.717, 1.165) is 18.7 Å². The summed E-state index contributed by atoms with van der Waals surface area (Å²) in [6.45, 7) is 3.56. The normalized spacial score (nSPS) is 16.6. The van der Waals surface area contributed by atoms with Crippen molar-refractivity contribution < 1.29 is 4.79 Å². The van der Waals surface area contributed by atoms with Gasteiger partial charge >= 0.3 is 0 Å². The maximum Gasteiger partial charge on any atom is 0.270 e. The van der Waals surface area contributed by atoms with Crippen LogP contribution in [0.25, 0.3) is 0 Å². The molecule has 1 unspecified atom stereocenters. The highest BCUT2D eigenvalue weighted by Crippen LogP contribution is 2.34. The molecule has 1 aliphatic carbocycles. The molecule has 1 heterocycles. The van der Waals surface area contributed by atoms with Crippen LogP contribution in [0.4, 0.5) is 0 Å². The Kier molecular flexibility index (Phi) is 4.07. The summed E-state index contributed by atoms with van der Waals surface area (Å²) in [5, 5.41) is 0. The summed E-state index contributed by atoms with van der Waals surface area (Å²) in [6, 6.07) is 4.03. The smallest absolute Gasteiger partial charge is 0.270 e. The second-order valence-corrected chi connectivity index (χ2v) is 5.14. The molecule has 4 nitrogen and oxygen atoms in total.